The highest BCUT2D eigenvalue weighted by molar-refractivity contribution is 6.04. The summed E-state index contributed by atoms with van der Waals surface area (Å²) in [5, 5.41) is 16.9. The molecule has 0 saturated carbocycles. The number of carbonyl (C=O) groups is 2. The average Bonchev–Trinajstić information content (AvgIpc) is 2.81. The van der Waals surface area contributed by atoms with Gasteiger partial charge < -0.3 is 29.6 Å². The highest BCUT2D eigenvalue weighted by atomic mass is 16.6. The molecule has 2 aromatic carbocycles. The van der Waals surface area contributed by atoms with Gasteiger partial charge in [-0.2, -0.15) is 0 Å². The highest BCUT2D eigenvalue weighted by Crippen LogP contribution is 2.42. The van der Waals surface area contributed by atoms with Gasteiger partial charge in [0.1, 0.15) is 5.75 Å². The number of nitro benzene ring substituents is 1. The van der Waals surface area contributed by atoms with E-state index in [0.29, 0.717) is 11.3 Å². The van der Waals surface area contributed by atoms with Crippen LogP contribution < -0.4 is 24.8 Å². The number of hydrogen-bond acceptors (Lipinski definition) is 8. The van der Waals surface area contributed by atoms with Crippen molar-refractivity contribution in [2.75, 3.05) is 28.4 Å². The van der Waals surface area contributed by atoms with E-state index in [9.17, 15) is 19.7 Å². The van der Waals surface area contributed by atoms with Crippen LogP contribution in [0.15, 0.2) is 42.0 Å². The number of nitrogens with zero attached hydrogens (tertiary/aromatic N) is 1. The molecule has 0 aliphatic carbocycles. The predicted octanol–water partition coefficient (Wildman–Crippen LogP) is 2.56. The molecule has 168 valence electrons. The van der Waals surface area contributed by atoms with Crippen molar-refractivity contribution in [3.63, 3.8) is 0 Å². The lowest BCUT2D eigenvalue weighted by Gasteiger charge is -2.29. The number of urea groups is 1. The molecule has 0 aromatic heterocycles. The number of nitrogens with one attached hydrogen (secondary N) is 2. The van der Waals surface area contributed by atoms with Crippen LogP contribution in [0, 0.1) is 10.1 Å². The van der Waals surface area contributed by atoms with E-state index in [1.165, 1.54) is 40.6 Å². The standard InChI is InChI=1S/C21H21N3O8/c1-29-13-7-5-11(6-8-13)17-16(20(25)32-4)18(23-21(26)22-17)12-9-14(24(27)28)19(31-3)15(10-12)30-2/h5-10,18H,1-4H3,(H2,22,23,26). The van der Waals surface area contributed by atoms with Crippen LogP contribution in [0.5, 0.6) is 17.2 Å². The Balaban J connectivity index is 2.25. The lowest BCUT2D eigenvalue weighted by Crippen LogP contribution is -2.45. The summed E-state index contributed by atoms with van der Waals surface area (Å²) in [6.07, 6.45) is 0. The molecule has 2 amide bonds. The monoisotopic (exact) mass is 443 g/mol. The number of ether oxygens (including phenoxy) is 4. The van der Waals surface area contributed by atoms with E-state index in [-0.39, 0.29) is 34.0 Å². The van der Waals surface area contributed by atoms with Crippen molar-refractivity contribution in [3.8, 4) is 17.2 Å². The SMILES string of the molecule is COC(=O)C1=C(c2ccc(OC)cc2)NC(=O)NC1c1cc(OC)c(OC)c([N+](=O)[O-])c1. The Hall–Kier alpha value is -4.28. The molecule has 0 fully saturated rings. The summed E-state index contributed by atoms with van der Waals surface area (Å²) in [5.41, 5.74) is 0.617. The second kappa shape index (κ2) is 9.25. The topological polar surface area (TPSA) is 138 Å². The first-order valence-corrected chi connectivity index (χ1v) is 9.29. The maximum Gasteiger partial charge on any atom is 0.338 e. The third-order valence-electron chi connectivity index (χ3n) is 4.87. The minimum absolute atomic E-state index is 0.0544. The maximum absolute atomic E-state index is 12.8. The smallest absolute Gasteiger partial charge is 0.338 e. The summed E-state index contributed by atoms with van der Waals surface area (Å²) in [4.78, 5) is 36.2. The first-order valence-electron chi connectivity index (χ1n) is 9.29. The summed E-state index contributed by atoms with van der Waals surface area (Å²) in [6, 6.07) is 7.66. The number of carbonyl (C=O) groups excluding carboxylic acids is 2. The van der Waals surface area contributed by atoms with Crippen LogP contribution in [0.2, 0.25) is 0 Å². The zero-order chi connectivity index (χ0) is 23.4. The normalized spacial score (nSPS) is 15.4. The Kier molecular flexibility index (Phi) is 6.47. The summed E-state index contributed by atoms with van der Waals surface area (Å²) < 4.78 is 20.5. The van der Waals surface area contributed by atoms with E-state index in [1.54, 1.807) is 24.3 Å². The molecular formula is C21H21N3O8. The first kappa shape index (κ1) is 22.4. The van der Waals surface area contributed by atoms with Crippen molar-refractivity contribution in [2.45, 2.75) is 6.04 Å². The van der Waals surface area contributed by atoms with Crippen molar-refractivity contribution in [1.29, 1.82) is 0 Å². The summed E-state index contributed by atoms with van der Waals surface area (Å²) in [5.74, 6) is -0.160. The van der Waals surface area contributed by atoms with E-state index in [1.807, 2.05) is 0 Å². The van der Waals surface area contributed by atoms with Gasteiger partial charge in [-0.15, -0.1) is 0 Å². The van der Waals surface area contributed by atoms with Gasteiger partial charge in [0.15, 0.2) is 5.75 Å². The molecule has 3 rings (SSSR count). The molecule has 11 heteroatoms. The molecule has 1 heterocycles. The quantitative estimate of drug-likeness (QED) is 0.378. The van der Waals surface area contributed by atoms with Gasteiger partial charge in [-0.05, 0) is 41.5 Å². The fraction of sp³-hybridized carbons (Fsp3) is 0.238. The van der Waals surface area contributed by atoms with Crippen molar-refractivity contribution in [2.24, 2.45) is 0 Å². The highest BCUT2D eigenvalue weighted by Gasteiger charge is 2.36. The molecule has 1 unspecified atom stereocenters. The molecule has 1 atom stereocenters. The molecule has 32 heavy (non-hydrogen) atoms. The molecule has 0 saturated heterocycles. The van der Waals surface area contributed by atoms with Crippen LogP contribution in [0.4, 0.5) is 10.5 Å². The maximum atomic E-state index is 12.8. The van der Waals surface area contributed by atoms with Crippen LogP contribution >= 0.6 is 0 Å². The molecule has 2 N–H and O–H groups in total. The number of methoxy groups -OCH3 is 4. The van der Waals surface area contributed by atoms with Crippen LogP contribution in [0.1, 0.15) is 17.2 Å². The number of benzene rings is 2. The molecular weight excluding hydrogens is 422 g/mol. The van der Waals surface area contributed by atoms with Gasteiger partial charge in [0.2, 0.25) is 5.75 Å². The lowest BCUT2D eigenvalue weighted by atomic mass is 9.92. The number of amides is 2. The van der Waals surface area contributed by atoms with Crippen molar-refractivity contribution < 1.29 is 33.5 Å². The van der Waals surface area contributed by atoms with Gasteiger partial charge in [0.25, 0.3) is 0 Å². The Labute approximate surface area is 183 Å². The van der Waals surface area contributed by atoms with Crippen molar-refractivity contribution in [3.05, 3.63) is 63.2 Å². The Morgan fingerprint density at radius 3 is 2.25 bits per heavy atom. The van der Waals surface area contributed by atoms with Gasteiger partial charge in [-0.3, -0.25) is 10.1 Å². The number of rotatable bonds is 7. The Morgan fingerprint density at radius 2 is 1.72 bits per heavy atom. The van der Waals surface area contributed by atoms with Crippen LogP contribution in [0.25, 0.3) is 5.70 Å². The second-order valence-electron chi connectivity index (χ2n) is 6.57. The van der Waals surface area contributed by atoms with Gasteiger partial charge in [0.05, 0.1) is 50.7 Å². The second-order valence-corrected chi connectivity index (χ2v) is 6.57. The number of esters is 1. The van der Waals surface area contributed by atoms with Gasteiger partial charge in [-0.25, -0.2) is 9.59 Å². The third-order valence-corrected chi connectivity index (χ3v) is 4.87. The van der Waals surface area contributed by atoms with Gasteiger partial charge in [-0.1, -0.05) is 0 Å². The lowest BCUT2D eigenvalue weighted by molar-refractivity contribution is -0.385. The fourth-order valence-corrected chi connectivity index (χ4v) is 3.40. The molecule has 0 spiro atoms. The van der Waals surface area contributed by atoms with E-state index in [4.69, 9.17) is 18.9 Å². The van der Waals surface area contributed by atoms with E-state index < -0.39 is 23.0 Å². The first-order chi connectivity index (χ1) is 15.3. The summed E-state index contributed by atoms with van der Waals surface area (Å²) in [7, 11) is 5.32. The minimum atomic E-state index is -1.06. The van der Waals surface area contributed by atoms with E-state index in [2.05, 4.69) is 10.6 Å². The van der Waals surface area contributed by atoms with Crippen LogP contribution in [0.3, 0.4) is 0 Å². The molecule has 1 aliphatic heterocycles. The average molecular weight is 443 g/mol. The summed E-state index contributed by atoms with van der Waals surface area (Å²) >= 11 is 0. The molecule has 2 aromatic rings. The fourth-order valence-electron chi connectivity index (χ4n) is 3.40. The Morgan fingerprint density at radius 1 is 1.03 bits per heavy atom. The van der Waals surface area contributed by atoms with E-state index >= 15 is 0 Å². The largest absolute Gasteiger partial charge is 0.497 e. The van der Waals surface area contributed by atoms with Crippen LogP contribution in [-0.4, -0.2) is 45.4 Å². The van der Waals surface area contributed by atoms with Crippen molar-refractivity contribution in [1.82, 2.24) is 10.6 Å². The van der Waals surface area contributed by atoms with Crippen LogP contribution in [-0.2, 0) is 9.53 Å². The van der Waals surface area contributed by atoms with Gasteiger partial charge in [0, 0.05) is 6.07 Å². The number of nitro groups is 1. The zero-order valence-electron chi connectivity index (χ0n) is 17.8. The van der Waals surface area contributed by atoms with Crippen molar-refractivity contribution >= 4 is 23.4 Å². The van der Waals surface area contributed by atoms with Gasteiger partial charge >= 0.3 is 17.7 Å². The number of hydrogen-bond donors (Lipinski definition) is 2. The molecule has 0 bridgehead atoms. The minimum Gasteiger partial charge on any atom is -0.497 e. The zero-order valence-corrected chi connectivity index (χ0v) is 17.8. The molecule has 0 radical (unpaired) electrons. The van der Waals surface area contributed by atoms with E-state index in [0.717, 1.165) is 0 Å². The predicted molar refractivity (Wildman–Crippen MR) is 113 cm³/mol. The third kappa shape index (κ3) is 4.13. The Bertz CT molecular complexity index is 1090. The molecule has 11 nitrogen and oxygen atoms in total. The molecule has 1 aliphatic rings. The summed E-state index contributed by atoms with van der Waals surface area (Å²) in [6.45, 7) is 0.